The minimum atomic E-state index is -0.757. The molecular formula is C41H36O8. The van der Waals surface area contributed by atoms with Crippen LogP contribution in [-0.2, 0) is 24.5 Å². The van der Waals surface area contributed by atoms with Gasteiger partial charge in [0.15, 0.2) is 0 Å². The molecule has 0 spiro atoms. The fourth-order valence-electron chi connectivity index (χ4n) is 6.46. The normalized spacial score (nSPS) is 12.3. The maximum Gasteiger partial charge on any atom is 0.330 e. The van der Waals surface area contributed by atoms with Gasteiger partial charge in [-0.15, -0.1) is 0 Å². The van der Waals surface area contributed by atoms with Crippen molar-refractivity contribution in [1.82, 2.24) is 0 Å². The summed E-state index contributed by atoms with van der Waals surface area (Å²) in [5, 5.41) is 2.17. The van der Waals surface area contributed by atoms with Crippen LogP contribution in [0.2, 0.25) is 0 Å². The van der Waals surface area contributed by atoms with Crippen LogP contribution in [0.1, 0.15) is 22.3 Å². The van der Waals surface area contributed by atoms with Gasteiger partial charge < -0.3 is 28.4 Å². The van der Waals surface area contributed by atoms with Crippen molar-refractivity contribution in [3.05, 3.63) is 145 Å². The molecule has 1 aliphatic carbocycles. The Hall–Kier alpha value is -6.02. The molecule has 0 fully saturated rings. The number of carbonyl (C=O) groups is 2. The highest BCUT2D eigenvalue weighted by Crippen LogP contribution is 2.58. The van der Waals surface area contributed by atoms with E-state index in [0.29, 0.717) is 11.5 Å². The monoisotopic (exact) mass is 656 g/mol. The first-order chi connectivity index (χ1) is 23.9. The number of ether oxygens (including phenoxy) is 6. The molecule has 6 rings (SSSR count). The largest absolute Gasteiger partial charge is 0.497 e. The third-order valence-electron chi connectivity index (χ3n) is 8.63. The molecule has 0 saturated heterocycles. The van der Waals surface area contributed by atoms with Gasteiger partial charge in [-0.25, -0.2) is 9.59 Å². The molecule has 49 heavy (non-hydrogen) atoms. The van der Waals surface area contributed by atoms with Gasteiger partial charge in [0, 0.05) is 12.2 Å². The van der Waals surface area contributed by atoms with Gasteiger partial charge in [0.1, 0.15) is 49.4 Å². The molecule has 5 aromatic carbocycles. The van der Waals surface area contributed by atoms with Crippen LogP contribution in [0.15, 0.2) is 122 Å². The lowest BCUT2D eigenvalue weighted by molar-refractivity contribution is -0.139. The average Bonchev–Trinajstić information content (AvgIpc) is 3.45. The molecule has 0 unspecified atom stereocenters. The number of methoxy groups -OCH3 is 2. The Balaban J connectivity index is 1.48. The first kappa shape index (κ1) is 32.9. The van der Waals surface area contributed by atoms with Crippen molar-refractivity contribution in [2.75, 3.05) is 40.6 Å². The van der Waals surface area contributed by atoms with E-state index >= 15 is 0 Å². The molecule has 0 aliphatic heterocycles. The Labute approximate surface area is 285 Å². The summed E-state index contributed by atoms with van der Waals surface area (Å²) in [6.45, 7) is 7.46. The number of rotatable bonds is 14. The van der Waals surface area contributed by atoms with Crippen molar-refractivity contribution >= 4 is 22.7 Å². The Bertz CT molecular complexity index is 1940. The van der Waals surface area contributed by atoms with E-state index in [1.165, 1.54) is 0 Å². The summed E-state index contributed by atoms with van der Waals surface area (Å²) in [5.74, 6) is 1.80. The smallest absolute Gasteiger partial charge is 0.330 e. The average molecular weight is 657 g/mol. The predicted molar refractivity (Wildman–Crippen MR) is 188 cm³/mol. The zero-order chi connectivity index (χ0) is 34.4. The summed E-state index contributed by atoms with van der Waals surface area (Å²) in [6, 6.07) is 32.7. The molecule has 248 valence electrons. The SMILES string of the molecule is C=CC(=O)OCCOc1ccc(C2(c3ccc(OCCOC(=O)C=C)cc3)c3cc(OC)ccc3-c3c2ccc2ccc(OC)cc32)cc1. The minimum Gasteiger partial charge on any atom is -0.497 e. The van der Waals surface area contributed by atoms with Gasteiger partial charge in [0.2, 0.25) is 0 Å². The van der Waals surface area contributed by atoms with Crippen molar-refractivity contribution in [3.8, 4) is 34.1 Å². The van der Waals surface area contributed by atoms with Crippen molar-refractivity contribution in [2.45, 2.75) is 5.41 Å². The highest BCUT2D eigenvalue weighted by molar-refractivity contribution is 6.04. The maximum atomic E-state index is 11.4. The molecule has 8 nitrogen and oxygen atoms in total. The second-order valence-corrected chi connectivity index (χ2v) is 11.2. The van der Waals surface area contributed by atoms with Crippen molar-refractivity contribution in [1.29, 1.82) is 0 Å². The number of fused-ring (bicyclic) bond motifs is 5. The lowest BCUT2D eigenvalue weighted by Gasteiger charge is -2.34. The molecule has 0 amide bonds. The molecule has 0 saturated carbocycles. The van der Waals surface area contributed by atoms with Crippen LogP contribution in [0, 0.1) is 0 Å². The summed E-state index contributed by atoms with van der Waals surface area (Å²) in [6.07, 6.45) is 2.25. The second kappa shape index (κ2) is 14.4. The van der Waals surface area contributed by atoms with E-state index in [4.69, 9.17) is 28.4 Å². The molecule has 0 N–H and O–H groups in total. The fourth-order valence-corrected chi connectivity index (χ4v) is 6.46. The van der Waals surface area contributed by atoms with Gasteiger partial charge in [0.05, 0.1) is 19.6 Å². The topological polar surface area (TPSA) is 89.5 Å². The Kier molecular flexibility index (Phi) is 9.67. The van der Waals surface area contributed by atoms with E-state index in [-0.39, 0.29) is 26.4 Å². The fraction of sp³-hybridized carbons (Fsp3) is 0.171. The third-order valence-corrected chi connectivity index (χ3v) is 8.63. The van der Waals surface area contributed by atoms with Crippen molar-refractivity contribution in [3.63, 3.8) is 0 Å². The zero-order valence-electron chi connectivity index (χ0n) is 27.4. The van der Waals surface area contributed by atoms with Crippen LogP contribution in [0.3, 0.4) is 0 Å². The second-order valence-electron chi connectivity index (χ2n) is 11.2. The highest BCUT2D eigenvalue weighted by Gasteiger charge is 2.47. The summed E-state index contributed by atoms with van der Waals surface area (Å²) < 4.78 is 33.4. The number of hydrogen-bond acceptors (Lipinski definition) is 8. The van der Waals surface area contributed by atoms with Crippen LogP contribution in [0.25, 0.3) is 21.9 Å². The molecule has 0 heterocycles. The van der Waals surface area contributed by atoms with Crippen LogP contribution in [0.4, 0.5) is 0 Å². The number of hydrogen-bond donors (Lipinski definition) is 0. The van der Waals surface area contributed by atoms with E-state index in [0.717, 1.165) is 67.8 Å². The molecule has 0 aromatic heterocycles. The summed E-state index contributed by atoms with van der Waals surface area (Å²) >= 11 is 0. The quantitative estimate of drug-likeness (QED) is 0.0680. The van der Waals surface area contributed by atoms with E-state index in [2.05, 4.69) is 73.8 Å². The first-order valence-corrected chi connectivity index (χ1v) is 15.8. The number of esters is 2. The van der Waals surface area contributed by atoms with E-state index in [1.807, 2.05) is 36.4 Å². The van der Waals surface area contributed by atoms with Gasteiger partial charge in [-0.05, 0) is 92.7 Å². The molecule has 0 radical (unpaired) electrons. The maximum absolute atomic E-state index is 11.4. The van der Waals surface area contributed by atoms with Crippen molar-refractivity contribution < 1.29 is 38.0 Å². The van der Waals surface area contributed by atoms with E-state index < -0.39 is 17.4 Å². The molecule has 1 aliphatic rings. The Morgan fingerprint density at radius 1 is 0.592 bits per heavy atom. The number of benzene rings is 5. The summed E-state index contributed by atoms with van der Waals surface area (Å²) in [4.78, 5) is 22.9. The van der Waals surface area contributed by atoms with Gasteiger partial charge in [-0.3, -0.25) is 0 Å². The Morgan fingerprint density at radius 3 is 1.61 bits per heavy atom. The molecule has 0 bridgehead atoms. The van der Waals surface area contributed by atoms with Crippen LogP contribution < -0.4 is 18.9 Å². The standard InChI is InChI=1S/C41H36O8/c1-5-38(42)48-23-21-46-30-14-9-28(10-15-30)41(29-11-16-31(17-12-29)47-22-24-49-39(43)6-2)36-20-8-27-7-13-32(44-3)25-35(27)40(36)34-19-18-33(45-4)26-37(34)41/h5-20,25-26H,1-2,21-24H2,3-4H3. The van der Waals surface area contributed by atoms with Gasteiger partial charge in [-0.2, -0.15) is 0 Å². The molecule has 5 aromatic rings. The summed E-state index contributed by atoms with van der Waals surface area (Å²) in [7, 11) is 3.34. The highest BCUT2D eigenvalue weighted by atomic mass is 16.6. The molecule has 0 atom stereocenters. The predicted octanol–water partition coefficient (Wildman–Crippen LogP) is 7.44. The van der Waals surface area contributed by atoms with E-state index in [1.54, 1.807) is 14.2 Å². The van der Waals surface area contributed by atoms with Crippen LogP contribution in [0.5, 0.6) is 23.0 Å². The summed E-state index contributed by atoms with van der Waals surface area (Å²) in [5.41, 5.74) is 5.63. The first-order valence-electron chi connectivity index (χ1n) is 15.8. The van der Waals surface area contributed by atoms with Gasteiger partial charge in [-0.1, -0.05) is 61.7 Å². The molecule has 8 heteroatoms. The number of carbonyl (C=O) groups excluding carboxylic acids is 2. The van der Waals surface area contributed by atoms with Gasteiger partial charge >= 0.3 is 11.9 Å². The zero-order valence-corrected chi connectivity index (χ0v) is 27.4. The lowest BCUT2D eigenvalue weighted by Crippen LogP contribution is -2.28. The van der Waals surface area contributed by atoms with E-state index in [9.17, 15) is 9.59 Å². The third kappa shape index (κ3) is 6.33. The molecular weight excluding hydrogens is 620 g/mol. The minimum absolute atomic E-state index is 0.110. The van der Waals surface area contributed by atoms with Crippen LogP contribution >= 0.6 is 0 Å². The van der Waals surface area contributed by atoms with Gasteiger partial charge in [0.25, 0.3) is 0 Å². The van der Waals surface area contributed by atoms with Crippen molar-refractivity contribution in [2.24, 2.45) is 0 Å². The lowest BCUT2D eigenvalue weighted by atomic mass is 9.67. The Morgan fingerprint density at radius 2 is 1.08 bits per heavy atom. The van der Waals surface area contributed by atoms with Crippen LogP contribution in [-0.4, -0.2) is 52.6 Å².